The smallest absolute Gasteiger partial charge is 0.416 e. The molecule has 2 aromatic carbocycles. The van der Waals surface area contributed by atoms with E-state index >= 15 is 0 Å². The van der Waals surface area contributed by atoms with Gasteiger partial charge in [0.1, 0.15) is 12.1 Å². The molecule has 4 rings (SSSR count). The minimum Gasteiger partial charge on any atom is -0.497 e. The zero-order valence-corrected chi connectivity index (χ0v) is 18.1. The molecule has 0 amide bonds. The molecule has 1 saturated heterocycles. The van der Waals surface area contributed by atoms with Crippen LogP contribution in [0.4, 0.5) is 41.9 Å². The summed E-state index contributed by atoms with van der Waals surface area (Å²) in [4.78, 5) is 23.4. The lowest BCUT2D eigenvalue weighted by molar-refractivity contribution is -0.383. The van der Waals surface area contributed by atoms with Gasteiger partial charge in [0, 0.05) is 37.6 Å². The van der Waals surface area contributed by atoms with Crippen molar-refractivity contribution < 1.29 is 22.8 Å². The topological polar surface area (TPSA) is 96.7 Å². The second-order valence-corrected chi connectivity index (χ2v) is 7.52. The zero-order valence-electron chi connectivity index (χ0n) is 18.1. The Morgan fingerprint density at radius 3 is 2.15 bits per heavy atom. The molecule has 34 heavy (non-hydrogen) atoms. The van der Waals surface area contributed by atoms with Crippen LogP contribution in [0.3, 0.4) is 0 Å². The summed E-state index contributed by atoms with van der Waals surface area (Å²) in [5.74, 6) is 0.822. The van der Waals surface area contributed by atoms with Crippen molar-refractivity contribution in [3.05, 3.63) is 70.5 Å². The molecule has 2 heterocycles. The second-order valence-electron chi connectivity index (χ2n) is 7.52. The van der Waals surface area contributed by atoms with Gasteiger partial charge in [-0.25, -0.2) is 9.97 Å². The fourth-order valence-corrected chi connectivity index (χ4v) is 3.71. The fourth-order valence-electron chi connectivity index (χ4n) is 3.71. The monoisotopic (exact) mass is 474 g/mol. The van der Waals surface area contributed by atoms with Crippen molar-refractivity contribution in [2.75, 3.05) is 48.4 Å². The molecule has 0 unspecified atom stereocenters. The number of ether oxygens (including phenoxy) is 1. The van der Waals surface area contributed by atoms with Crippen molar-refractivity contribution in [2.45, 2.75) is 6.18 Å². The van der Waals surface area contributed by atoms with Gasteiger partial charge in [0.2, 0.25) is 11.6 Å². The molecule has 178 valence electrons. The molecule has 0 atom stereocenters. The van der Waals surface area contributed by atoms with Crippen molar-refractivity contribution in [1.82, 2.24) is 9.97 Å². The van der Waals surface area contributed by atoms with E-state index < -0.39 is 16.7 Å². The number of methoxy groups -OCH3 is 1. The summed E-state index contributed by atoms with van der Waals surface area (Å²) in [5.41, 5.74) is 0.110. The number of hydrogen-bond donors (Lipinski definition) is 1. The van der Waals surface area contributed by atoms with E-state index in [1.54, 1.807) is 12.0 Å². The van der Waals surface area contributed by atoms with Gasteiger partial charge in [0.15, 0.2) is 0 Å². The highest BCUT2D eigenvalue weighted by atomic mass is 19.4. The number of nitrogens with zero attached hydrogens (tertiary/aromatic N) is 5. The number of nitrogens with one attached hydrogen (secondary N) is 1. The fraction of sp³-hybridized carbons (Fsp3) is 0.273. The van der Waals surface area contributed by atoms with Crippen molar-refractivity contribution in [2.24, 2.45) is 0 Å². The van der Waals surface area contributed by atoms with E-state index in [0.717, 1.165) is 23.6 Å². The van der Waals surface area contributed by atoms with Gasteiger partial charge in [-0.1, -0.05) is 0 Å². The van der Waals surface area contributed by atoms with E-state index in [2.05, 4.69) is 20.2 Å². The minimum absolute atomic E-state index is 0.0904. The summed E-state index contributed by atoms with van der Waals surface area (Å²) in [5, 5.41) is 14.6. The summed E-state index contributed by atoms with van der Waals surface area (Å²) < 4.78 is 43.6. The Bertz CT molecular complexity index is 1150. The van der Waals surface area contributed by atoms with E-state index in [4.69, 9.17) is 4.74 Å². The first-order valence-electron chi connectivity index (χ1n) is 10.3. The third kappa shape index (κ3) is 4.95. The Hall–Kier alpha value is -4.09. The molecule has 9 nitrogen and oxygen atoms in total. The number of piperazine rings is 1. The third-order valence-electron chi connectivity index (χ3n) is 5.48. The molecule has 1 aromatic heterocycles. The van der Waals surface area contributed by atoms with Crippen molar-refractivity contribution >= 4 is 28.7 Å². The first-order chi connectivity index (χ1) is 16.3. The number of hydrogen-bond acceptors (Lipinski definition) is 8. The SMILES string of the molecule is COc1ccc(N2CCN(c3ncnc(Nc4ccc(C(F)(F)F)cc4)c3[N+](=O)[O-])CC2)cc1. The third-order valence-corrected chi connectivity index (χ3v) is 5.48. The average Bonchev–Trinajstić information content (AvgIpc) is 2.84. The highest BCUT2D eigenvalue weighted by Gasteiger charge is 2.31. The lowest BCUT2D eigenvalue weighted by Crippen LogP contribution is -2.47. The maximum absolute atomic E-state index is 12.8. The predicted octanol–water partition coefficient (Wildman–Crippen LogP) is 4.48. The van der Waals surface area contributed by atoms with Gasteiger partial charge >= 0.3 is 11.9 Å². The Balaban J connectivity index is 1.52. The van der Waals surface area contributed by atoms with Crippen LogP contribution < -0.4 is 19.9 Å². The summed E-state index contributed by atoms with van der Waals surface area (Å²) in [6.07, 6.45) is -3.27. The van der Waals surface area contributed by atoms with E-state index in [1.807, 2.05) is 24.3 Å². The number of rotatable bonds is 6. The number of aromatic nitrogens is 2. The molecule has 1 aliphatic heterocycles. The number of halogens is 3. The van der Waals surface area contributed by atoms with Crippen LogP contribution in [-0.2, 0) is 6.18 Å². The van der Waals surface area contributed by atoms with Crippen LogP contribution in [0.1, 0.15) is 5.56 Å². The molecule has 1 aliphatic rings. The highest BCUT2D eigenvalue weighted by Crippen LogP contribution is 2.35. The minimum atomic E-state index is -4.47. The molecule has 3 aromatic rings. The quantitative estimate of drug-likeness (QED) is 0.413. The Morgan fingerprint density at radius 2 is 1.59 bits per heavy atom. The summed E-state index contributed by atoms with van der Waals surface area (Å²) in [6.45, 7) is 2.22. The number of benzene rings is 2. The van der Waals surface area contributed by atoms with Crippen LogP contribution in [0.15, 0.2) is 54.9 Å². The number of nitro groups is 1. The van der Waals surface area contributed by atoms with Crippen molar-refractivity contribution in [1.29, 1.82) is 0 Å². The number of anilines is 4. The van der Waals surface area contributed by atoms with Crippen molar-refractivity contribution in [3.8, 4) is 5.75 Å². The summed E-state index contributed by atoms with van der Waals surface area (Å²) in [7, 11) is 1.60. The van der Waals surface area contributed by atoms with E-state index in [-0.39, 0.29) is 23.0 Å². The summed E-state index contributed by atoms with van der Waals surface area (Å²) in [6, 6.07) is 11.8. The van der Waals surface area contributed by atoms with E-state index in [9.17, 15) is 23.3 Å². The van der Waals surface area contributed by atoms with Gasteiger partial charge in [-0.05, 0) is 48.5 Å². The molecular formula is C22H21F3N6O3. The van der Waals surface area contributed by atoms with Crippen LogP contribution >= 0.6 is 0 Å². The molecule has 1 fully saturated rings. The van der Waals surface area contributed by atoms with Gasteiger partial charge in [0.25, 0.3) is 0 Å². The average molecular weight is 474 g/mol. The van der Waals surface area contributed by atoms with Crippen LogP contribution in [0.25, 0.3) is 0 Å². The normalized spacial score (nSPS) is 14.1. The zero-order chi connectivity index (χ0) is 24.3. The van der Waals surface area contributed by atoms with Gasteiger partial charge < -0.3 is 19.9 Å². The molecule has 0 spiro atoms. The maximum Gasteiger partial charge on any atom is 0.416 e. The van der Waals surface area contributed by atoms with Gasteiger partial charge in [-0.3, -0.25) is 10.1 Å². The molecule has 12 heteroatoms. The van der Waals surface area contributed by atoms with E-state index in [1.165, 1.54) is 18.5 Å². The second kappa shape index (κ2) is 9.41. The summed E-state index contributed by atoms with van der Waals surface area (Å²) >= 11 is 0. The Morgan fingerprint density at radius 1 is 0.971 bits per heavy atom. The largest absolute Gasteiger partial charge is 0.497 e. The first-order valence-corrected chi connectivity index (χ1v) is 10.3. The predicted molar refractivity (Wildman–Crippen MR) is 121 cm³/mol. The highest BCUT2D eigenvalue weighted by molar-refractivity contribution is 5.74. The van der Waals surface area contributed by atoms with Crippen LogP contribution in [0.2, 0.25) is 0 Å². The lowest BCUT2D eigenvalue weighted by atomic mass is 10.2. The molecule has 1 N–H and O–H groups in total. The Labute approximate surface area is 193 Å². The van der Waals surface area contributed by atoms with E-state index in [0.29, 0.717) is 26.2 Å². The molecular weight excluding hydrogens is 453 g/mol. The lowest BCUT2D eigenvalue weighted by Gasteiger charge is -2.36. The molecule has 0 saturated carbocycles. The standard InChI is InChI=1S/C22H21F3N6O3/c1-34-18-8-6-17(7-9-18)29-10-12-30(13-11-29)21-19(31(32)33)20(26-14-27-21)28-16-4-2-15(3-5-16)22(23,24)25/h2-9,14H,10-13H2,1H3,(H,26,27,28). The molecule has 0 radical (unpaired) electrons. The van der Waals surface area contributed by atoms with Crippen LogP contribution in [0, 0.1) is 10.1 Å². The van der Waals surface area contributed by atoms with Crippen LogP contribution in [-0.4, -0.2) is 48.2 Å². The van der Waals surface area contributed by atoms with Crippen LogP contribution in [0.5, 0.6) is 5.75 Å². The number of alkyl halides is 3. The maximum atomic E-state index is 12.8. The van der Waals surface area contributed by atoms with Gasteiger partial charge in [-0.15, -0.1) is 0 Å². The Kier molecular flexibility index (Phi) is 6.39. The molecule has 0 bridgehead atoms. The van der Waals surface area contributed by atoms with Crippen molar-refractivity contribution in [3.63, 3.8) is 0 Å². The first kappa shape index (κ1) is 23.1. The molecule has 0 aliphatic carbocycles. The van der Waals surface area contributed by atoms with Gasteiger partial charge in [-0.2, -0.15) is 13.2 Å². The van der Waals surface area contributed by atoms with Gasteiger partial charge in [0.05, 0.1) is 17.6 Å².